The number of para-hydroxylation sites is 1. The number of hydrogen-bond donors (Lipinski definition) is 4. The molecule has 2 rings (SSSR count). The van der Waals surface area contributed by atoms with Crippen LogP contribution in [0.1, 0.15) is 10.4 Å². The summed E-state index contributed by atoms with van der Waals surface area (Å²) in [5, 5.41) is 0.726. The minimum absolute atomic E-state index is 0.380. The number of rotatable bonds is 2. The number of carbonyl (C=O) groups is 1. The maximum absolute atomic E-state index is 11.6. The van der Waals surface area contributed by atoms with Crippen LogP contribution in [-0.4, -0.2) is 10.9 Å². The third kappa shape index (κ3) is 1.67. The van der Waals surface area contributed by atoms with E-state index in [2.05, 4.69) is 15.8 Å². The van der Waals surface area contributed by atoms with Crippen LogP contribution in [0.3, 0.4) is 0 Å². The van der Waals surface area contributed by atoms with E-state index in [1.165, 1.54) is 0 Å². The largest absolute Gasteiger partial charge is 0.308 e. The lowest BCUT2D eigenvalue weighted by Gasteiger charge is -2.07. The number of nitrogen functional groups attached to an aromatic ring is 2. The van der Waals surface area contributed by atoms with Gasteiger partial charge in [0.05, 0.1) is 11.1 Å². The van der Waals surface area contributed by atoms with Crippen LogP contribution >= 0.6 is 0 Å². The van der Waals surface area contributed by atoms with Gasteiger partial charge in [-0.15, -0.1) is 0 Å². The first-order valence-corrected chi connectivity index (χ1v) is 4.63. The van der Waals surface area contributed by atoms with E-state index in [0.29, 0.717) is 16.9 Å². The standard InChI is InChI=1S/C10H11N5O/c11-14-9-5-7(10(16)15-12)6-3-1-2-4-8(6)13-9/h1-5H,11-12H2,(H,13,14)(H,15,16). The summed E-state index contributed by atoms with van der Waals surface area (Å²) in [7, 11) is 0. The lowest BCUT2D eigenvalue weighted by atomic mass is 10.1. The van der Waals surface area contributed by atoms with Gasteiger partial charge in [-0.05, 0) is 12.1 Å². The van der Waals surface area contributed by atoms with Gasteiger partial charge >= 0.3 is 0 Å². The Labute approximate surface area is 91.6 Å². The Morgan fingerprint density at radius 2 is 2.00 bits per heavy atom. The summed E-state index contributed by atoms with van der Waals surface area (Å²) in [6.07, 6.45) is 0. The van der Waals surface area contributed by atoms with Gasteiger partial charge in [-0.2, -0.15) is 0 Å². The Hall–Kier alpha value is -2.18. The fraction of sp³-hybridized carbons (Fsp3) is 0. The number of amides is 1. The van der Waals surface area contributed by atoms with Crippen LogP contribution in [0, 0.1) is 0 Å². The molecule has 1 aromatic heterocycles. The van der Waals surface area contributed by atoms with Gasteiger partial charge in [0.2, 0.25) is 0 Å². The molecule has 0 unspecified atom stereocenters. The highest BCUT2D eigenvalue weighted by molar-refractivity contribution is 6.06. The van der Waals surface area contributed by atoms with Crippen LogP contribution in [-0.2, 0) is 0 Å². The fourth-order valence-electron chi connectivity index (χ4n) is 1.51. The van der Waals surface area contributed by atoms with Crippen molar-refractivity contribution >= 4 is 22.6 Å². The molecule has 1 heterocycles. The Morgan fingerprint density at radius 1 is 1.25 bits per heavy atom. The van der Waals surface area contributed by atoms with Crippen molar-refractivity contribution in [1.29, 1.82) is 0 Å². The molecule has 0 saturated carbocycles. The molecule has 0 aliphatic carbocycles. The molecule has 0 spiro atoms. The lowest BCUT2D eigenvalue weighted by Crippen LogP contribution is -2.30. The molecule has 1 aromatic carbocycles. The molecule has 0 bridgehead atoms. The predicted molar refractivity (Wildman–Crippen MR) is 61.2 cm³/mol. The molecule has 16 heavy (non-hydrogen) atoms. The Morgan fingerprint density at radius 3 is 2.69 bits per heavy atom. The van der Waals surface area contributed by atoms with Crippen LogP contribution in [0.4, 0.5) is 5.82 Å². The first-order valence-electron chi connectivity index (χ1n) is 4.63. The zero-order valence-corrected chi connectivity index (χ0v) is 8.40. The first kappa shape index (κ1) is 10.3. The number of benzene rings is 1. The summed E-state index contributed by atoms with van der Waals surface area (Å²) in [5.74, 6) is 10.4. The maximum atomic E-state index is 11.6. The van der Waals surface area contributed by atoms with Crippen LogP contribution < -0.4 is 22.5 Å². The predicted octanol–water partition coefficient (Wildman–Crippen LogP) is 0.124. The molecule has 6 nitrogen and oxygen atoms in total. The number of nitrogens with zero attached hydrogens (tertiary/aromatic N) is 1. The fourth-order valence-corrected chi connectivity index (χ4v) is 1.51. The van der Waals surface area contributed by atoms with E-state index in [4.69, 9.17) is 11.7 Å². The van der Waals surface area contributed by atoms with Crippen molar-refractivity contribution < 1.29 is 4.79 Å². The number of hydrazine groups is 2. The summed E-state index contributed by atoms with van der Waals surface area (Å²) < 4.78 is 0. The van der Waals surface area contributed by atoms with E-state index >= 15 is 0 Å². The number of pyridine rings is 1. The minimum Gasteiger partial charge on any atom is -0.308 e. The molecule has 1 amide bonds. The number of nitrogens with two attached hydrogens (primary N) is 2. The topological polar surface area (TPSA) is 106 Å². The van der Waals surface area contributed by atoms with Crippen LogP contribution in [0.2, 0.25) is 0 Å². The van der Waals surface area contributed by atoms with Crippen molar-refractivity contribution in [3.63, 3.8) is 0 Å². The molecular formula is C10H11N5O. The van der Waals surface area contributed by atoms with E-state index in [0.717, 1.165) is 5.39 Å². The summed E-state index contributed by atoms with van der Waals surface area (Å²) in [6, 6.07) is 8.80. The summed E-state index contributed by atoms with van der Waals surface area (Å²) in [5.41, 5.74) is 5.60. The second kappa shape index (κ2) is 4.13. The van der Waals surface area contributed by atoms with Gasteiger partial charge in [0.25, 0.3) is 5.91 Å². The Bertz CT molecular complexity index is 540. The molecule has 0 fully saturated rings. The van der Waals surface area contributed by atoms with E-state index in [1.54, 1.807) is 18.2 Å². The van der Waals surface area contributed by atoms with Gasteiger partial charge in [-0.1, -0.05) is 18.2 Å². The molecule has 6 N–H and O–H groups in total. The first-order chi connectivity index (χ1) is 7.76. The van der Waals surface area contributed by atoms with Crippen LogP contribution in [0.25, 0.3) is 10.9 Å². The third-order valence-corrected chi connectivity index (χ3v) is 2.24. The number of hydrogen-bond acceptors (Lipinski definition) is 5. The van der Waals surface area contributed by atoms with E-state index in [1.807, 2.05) is 12.1 Å². The monoisotopic (exact) mass is 217 g/mol. The van der Waals surface area contributed by atoms with Crippen molar-refractivity contribution in [2.75, 3.05) is 5.43 Å². The SMILES string of the molecule is NNC(=O)c1cc(NN)nc2ccccc12. The summed E-state index contributed by atoms with van der Waals surface area (Å²) in [4.78, 5) is 15.8. The molecule has 0 radical (unpaired) electrons. The highest BCUT2D eigenvalue weighted by Crippen LogP contribution is 2.19. The van der Waals surface area contributed by atoms with Gasteiger partial charge in [0.1, 0.15) is 5.82 Å². The number of anilines is 1. The highest BCUT2D eigenvalue weighted by Gasteiger charge is 2.10. The van der Waals surface area contributed by atoms with Gasteiger partial charge < -0.3 is 5.43 Å². The second-order valence-electron chi connectivity index (χ2n) is 3.19. The number of aromatic nitrogens is 1. The molecule has 82 valence electrons. The number of fused-ring (bicyclic) bond motifs is 1. The van der Waals surface area contributed by atoms with Crippen molar-refractivity contribution in [3.8, 4) is 0 Å². The lowest BCUT2D eigenvalue weighted by molar-refractivity contribution is 0.0955. The molecule has 6 heteroatoms. The quantitative estimate of drug-likeness (QED) is 0.325. The van der Waals surface area contributed by atoms with Crippen molar-refractivity contribution in [2.24, 2.45) is 11.7 Å². The van der Waals surface area contributed by atoms with E-state index in [9.17, 15) is 4.79 Å². The summed E-state index contributed by atoms with van der Waals surface area (Å²) >= 11 is 0. The number of nitrogens with one attached hydrogen (secondary N) is 2. The molecule has 0 saturated heterocycles. The van der Waals surface area contributed by atoms with Crippen molar-refractivity contribution in [1.82, 2.24) is 10.4 Å². The third-order valence-electron chi connectivity index (χ3n) is 2.24. The van der Waals surface area contributed by atoms with Crippen LogP contribution in [0.5, 0.6) is 0 Å². The normalized spacial score (nSPS) is 10.1. The van der Waals surface area contributed by atoms with Crippen molar-refractivity contribution in [3.05, 3.63) is 35.9 Å². The average Bonchev–Trinajstić information content (AvgIpc) is 2.36. The molecular weight excluding hydrogens is 206 g/mol. The average molecular weight is 217 g/mol. The van der Waals surface area contributed by atoms with Gasteiger partial charge in [0.15, 0.2) is 0 Å². The minimum atomic E-state index is -0.380. The highest BCUT2D eigenvalue weighted by atomic mass is 16.2. The van der Waals surface area contributed by atoms with Crippen LogP contribution in [0.15, 0.2) is 30.3 Å². The van der Waals surface area contributed by atoms with E-state index in [-0.39, 0.29) is 5.91 Å². The molecule has 0 aliphatic rings. The zero-order valence-electron chi connectivity index (χ0n) is 8.40. The Balaban J connectivity index is 2.73. The van der Waals surface area contributed by atoms with Gasteiger partial charge in [-0.25, -0.2) is 16.7 Å². The zero-order chi connectivity index (χ0) is 11.5. The number of carbonyl (C=O) groups excluding carboxylic acids is 1. The summed E-state index contributed by atoms with van der Waals surface area (Å²) in [6.45, 7) is 0. The van der Waals surface area contributed by atoms with Gasteiger partial charge in [0, 0.05) is 5.39 Å². The molecule has 0 aliphatic heterocycles. The second-order valence-corrected chi connectivity index (χ2v) is 3.19. The Kier molecular flexibility index (Phi) is 2.67. The van der Waals surface area contributed by atoms with Gasteiger partial charge in [-0.3, -0.25) is 10.2 Å². The molecule has 2 aromatic rings. The van der Waals surface area contributed by atoms with Crippen molar-refractivity contribution in [2.45, 2.75) is 0 Å². The molecule has 0 atom stereocenters. The smallest absolute Gasteiger partial charge is 0.265 e. The maximum Gasteiger partial charge on any atom is 0.265 e. The van der Waals surface area contributed by atoms with E-state index < -0.39 is 0 Å².